The summed E-state index contributed by atoms with van der Waals surface area (Å²) >= 11 is 1.53. The molecule has 0 aliphatic carbocycles. The smallest absolute Gasteiger partial charge is 0.319 e. The van der Waals surface area contributed by atoms with E-state index in [9.17, 15) is 14.3 Å². The van der Waals surface area contributed by atoms with Crippen LogP contribution in [0.4, 0.5) is 14.9 Å². The number of benzene rings is 1. The van der Waals surface area contributed by atoms with Crippen molar-refractivity contribution < 1.29 is 14.3 Å². The van der Waals surface area contributed by atoms with Gasteiger partial charge in [0.05, 0.1) is 12.2 Å². The third-order valence-electron chi connectivity index (χ3n) is 3.03. The monoisotopic (exact) mass is 308 g/mol. The molecule has 2 amide bonds. The normalized spacial score (nSPS) is 13.5. The minimum Gasteiger partial charge on any atom is -0.384 e. The molecule has 0 spiro atoms. The summed E-state index contributed by atoms with van der Waals surface area (Å²) in [4.78, 5) is 12.9. The summed E-state index contributed by atoms with van der Waals surface area (Å²) in [5.74, 6) is -0.425. The minimum absolute atomic E-state index is 0.0224. The number of hydrogen-bond donors (Lipinski definition) is 3. The Bertz CT molecular complexity index is 640. The second-order valence-corrected chi connectivity index (χ2v) is 6.15. The van der Waals surface area contributed by atoms with Gasteiger partial charge in [-0.15, -0.1) is 11.3 Å². The summed E-state index contributed by atoms with van der Waals surface area (Å²) in [7, 11) is 0. The molecule has 2 aromatic rings. The van der Waals surface area contributed by atoms with Gasteiger partial charge in [0.25, 0.3) is 0 Å². The Labute approximate surface area is 126 Å². The summed E-state index contributed by atoms with van der Waals surface area (Å²) in [5.41, 5.74) is -0.223. The molecule has 4 nitrogen and oxygen atoms in total. The van der Waals surface area contributed by atoms with Crippen LogP contribution in [-0.2, 0) is 5.60 Å². The molecule has 1 unspecified atom stereocenters. The quantitative estimate of drug-likeness (QED) is 0.812. The van der Waals surface area contributed by atoms with Crippen molar-refractivity contribution in [1.82, 2.24) is 5.32 Å². The van der Waals surface area contributed by atoms with Crippen LogP contribution < -0.4 is 10.6 Å². The standard InChI is InChI=1S/C15H17FN2O2S/c1-10-6-13(8-21-10)18-14(19)17-9-15(2,20)11-4-3-5-12(16)7-11/h3-8,20H,9H2,1-2H3,(H2,17,18,19). The van der Waals surface area contributed by atoms with Crippen LogP contribution in [0.5, 0.6) is 0 Å². The van der Waals surface area contributed by atoms with Crippen molar-refractivity contribution >= 4 is 23.1 Å². The van der Waals surface area contributed by atoms with Crippen molar-refractivity contribution in [1.29, 1.82) is 0 Å². The molecule has 21 heavy (non-hydrogen) atoms. The summed E-state index contributed by atoms with van der Waals surface area (Å²) in [6.45, 7) is 3.45. The Morgan fingerprint density at radius 1 is 1.43 bits per heavy atom. The number of anilines is 1. The van der Waals surface area contributed by atoms with E-state index in [1.54, 1.807) is 6.07 Å². The van der Waals surface area contributed by atoms with Gasteiger partial charge in [-0.1, -0.05) is 12.1 Å². The van der Waals surface area contributed by atoms with Gasteiger partial charge in [-0.25, -0.2) is 9.18 Å². The SMILES string of the molecule is Cc1cc(NC(=O)NCC(C)(O)c2cccc(F)c2)cs1. The number of aryl methyl sites for hydroxylation is 1. The largest absolute Gasteiger partial charge is 0.384 e. The zero-order valence-corrected chi connectivity index (χ0v) is 12.6. The van der Waals surface area contributed by atoms with E-state index in [1.807, 2.05) is 18.4 Å². The Morgan fingerprint density at radius 2 is 2.19 bits per heavy atom. The molecule has 0 aliphatic rings. The van der Waals surface area contributed by atoms with E-state index in [-0.39, 0.29) is 6.54 Å². The van der Waals surface area contributed by atoms with Gasteiger partial charge in [0.2, 0.25) is 0 Å². The molecule has 0 radical (unpaired) electrons. The van der Waals surface area contributed by atoms with Gasteiger partial charge in [0, 0.05) is 10.3 Å². The lowest BCUT2D eigenvalue weighted by Gasteiger charge is -2.24. The van der Waals surface area contributed by atoms with E-state index in [1.165, 1.54) is 36.5 Å². The highest BCUT2D eigenvalue weighted by atomic mass is 32.1. The first kappa shape index (κ1) is 15.5. The lowest BCUT2D eigenvalue weighted by atomic mass is 9.96. The number of carbonyl (C=O) groups is 1. The Balaban J connectivity index is 1.93. The maximum absolute atomic E-state index is 13.2. The number of amides is 2. The number of aliphatic hydroxyl groups is 1. The zero-order chi connectivity index (χ0) is 15.5. The number of carbonyl (C=O) groups excluding carboxylic acids is 1. The maximum Gasteiger partial charge on any atom is 0.319 e. The molecular formula is C15H17FN2O2S. The van der Waals surface area contributed by atoms with Crippen LogP contribution in [0.1, 0.15) is 17.4 Å². The van der Waals surface area contributed by atoms with Crippen LogP contribution in [0.25, 0.3) is 0 Å². The van der Waals surface area contributed by atoms with Gasteiger partial charge < -0.3 is 15.7 Å². The van der Waals surface area contributed by atoms with Crippen LogP contribution >= 0.6 is 11.3 Å². The fourth-order valence-corrected chi connectivity index (χ4v) is 2.50. The van der Waals surface area contributed by atoms with Crippen molar-refractivity contribution in [2.45, 2.75) is 19.4 Å². The van der Waals surface area contributed by atoms with Crippen molar-refractivity contribution in [2.24, 2.45) is 0 Å². The van der Waals surface area contributed by atoms with Crippen molar-refractivity contribution in [3.63, 3.8) is 0 Å². The first-order valence-electron chi connectivity index (χ1n) is 6.45. The van der Waals surface area contributed by atoms with Crippen molar-refractivity contribution in [3.05, 3.63) is 52.0 Å². The van der Waals surface area contributed by atoms with Gasteiger partial charge in [0.15, 0.2) is 0 Å². The minimum atomic E-state index is -1.34. The second-order valence-electron chi connectivity index (χ2n) is 5.04. The molecule has 112 valence electrons. The molecule has 6 heteroatoms. The van der Waals surface area contributed by atoms with E-state index in [0.717, 1.165) is 4.88 Å². The van der Waals surface area contributed by atoms with Gasteiger partial charge in [-0.3, -0.25) is 0 Å². The first-order chi connectivity index (χ1) is 9.87. The lowest BCUT2D eigenvalue weighted by Crippen LogP contribution is -2.40. The molecule has 1 heterocycles. The van der Waals surface area contributed by atoms with E-state index < -0.39 is 17.4 Å². The van der Waals surface area contributed by atoms with E-state index in [4.69, 9.17) is 0 Å². The summed E-state index contributed by atoms with van der Waals surface area (Å²) in [6, 6.07) is 7.14. The van der Waals surface area contributed by atoms with Gasteiger partial charge >= 0.3 is 6.03 Å². The highest BCUT2D eigenvalue weighted by Crippen LogP contribution is 2.21. The molecule has 1 aromatic heterocycles. The van der Waals surface area contributed by atoms with E-state index in [0.29, 0.717) is 11.3 Å². The zero-order valence-electron chi connectivity index (χ0n) is 11.8. The molecule has 3 N–H and O–H groups in total. The molecule has 2 rings (SSSR count). The highest BCUT2D eigenvalue weighted by Gasteiger charge is 2.24. The summed E-state index contributed by atoms with van der Waals surface area (Å²) < 4.78 is 13.2. The predicted molar refractivity (Wildman–Crippen MR) is 82.0 cm³/mol. The Hall–Kier alpha value is -1.92. The first-order valence-corrected chi connectivity index (χ1v) is 7.33. The van der Waals surface area contributed by atoms with Crippen LogP contribution in [-0.4, -0.2) is 17.7 Å². The number of thiophene rings is 1. The summed E-state index contributed by atoms with van der Waals surface area (Å²) in [5, 5.41) is 17.4. The number of rotatable bonds is 4. The lowest BCUT2D eigenvalue weighted by molar-refractivity contribution is 0.0596. The number of urea groups is 1. The average molecular weight is 308 g/mol. The van der Waals surface area contributed by atoms with E-state index >= 15 is 0 Å². The molecule has 0 aliphatic heterocycles. The van der Waals surface area contributed by atoms with Gasteiger partial charge in [0.1, 0.15) is 11.4 Å². The molecule has 0 bridgehead atoms. The average Bonchev–Trinajstić information content (AvgIpc) is 2.82. The Kier molecular flexibility index (Phi) is 4.59. The van der Waals surface area contributed by atoms with Crippen LogP contribution in [0.15, 0.2) is 35.7 Å². The fourth-order valence-electron chi connectivity index (χ4n) is 1.86. The molecular weight excluding hydrogens is 291 g/mol. The molecule has 0 saturated carbocycles. The number of halogens is 1. The number of nitrogens with one attached hydrogen (secondary N) is 2. The van der Waals surface area contributed by atoms with Gasteiger partial charge in [-0.05, 0) is 37.6 Å². The van der Waals surface area contributed by atoms with E-state index in [2.05, 4.69) is 10.6 Å². The van der Waals surface area contributed by atoms with Crippen LogP contribution in [0.3, 0.4) is 0 Å². The topological polar surface area (TPSA) is 61.4 Å². The molecule has 1 atom stereocenters. The van der Waals surface area contributed by atoms with Crippen LogP contribution in [0, 0.1) is 12.7 Å². The predicted octanol–water partition coefficient (Wildman–Crippen LogP) is 3.22. The second kappa shape index (κ2) is 6.24. The van der Waals surface area contributed by atoms with Gasteiger partial charge in [-0.2, -0.15) is 0 Å². The highest BCUT2D eigenvalue weighted by molar-refractivity contribution is 7.10. The number of hydrogen-bond acceptors (Lipinski definition) is 3. The third-order valence-corrected chi connectivity index (χ3v) is 3.89. The third kappa shape index (κ3) is 4.27. The summed E-state index contributed by atoms with van der Waals surface area (Å²) in [6.07, 6.45) is 0. The Morgan fingerprint density at radius 3 is 2.81 bits per heavy atom. The molecule has 0 fully saturated rings. The molecule has 0 saturated heterocycles. The van der Waals surface area contributed by atoms with Crippen LogP contribution in [0.2, 0.25) is 0 Å². The molecule has 1 aromatic carbocycles. The maximum atomic E-state index is 13.2. The fraction of sp³-hybridized carbons (Fsp3) is 0.267. The van der Waals surface area contributed by atoms with Crippen molar-refractivity contribution in [3.8, 4) is 0 Å². The van der Waals surface area contributed by atoms with Crippen molar-refractivity contribution in [2.75, 3.05) is 11.9 Å².